The molecule has 0 aliphatic heterocycles. The Morgan fingerprint density at radius 3 is 2.20 bits per heavy atom. The molecule has 0 radical (unpaired) electrons. The van der Waals surface area contributed by atoms with Crippen LogP contribution in [0.2, 0.25) is 0 Å². The molecule has 0 atom stereocenters. The molecule has 160 valence electrons. The van der Waals surface area contributed by atoms with Gasteiger partial charge in [-0.2, -0.15) is 8.78 Å². The highest BCUT2D eigenvalue weighted by molar-refractivity contribution is 6.01. The highest BCUT2D eigenvalue weighted by atomic mass is 19.4. The second-order valence-electron chi connectivity index (χ2n) is 6.22. The molecule has 0 heterocycles. The highest BCUT2D eigenvalue weighted by Gasteiger charge is 2.35. The van der Waals surface area contributed by atoms with E-state index in [4.69, 9.17) is 0 Å². The SMILES string of the molecule is C=C/C(=N\C=C(/C)c1ccc(OC(F)(F)F)cc1)C(F)(F)Cc1ccc(F)cc1F. The predicted octanol–water partition coefficient (Wildman–Crippen LogP) is 6.73. The summed E-state index contributed by atoms with van der Waals surface area (Å²) in [5.41, 5.74) is -0.347. The van der Waals surface area contributed by atoms with Gasteiger partial charge in [0, 0.05) is 18.7 Å². The predicted molar refractivity (Wildman–Crippen MR) is 99.4 cm³/mol. The lowest BCUT2D eigenvalue weighted by molar-refractivity contribution is -0.274. The van der Waals surface area contributed by atoms with Crippen LogP contribution in [0.3, 0.4) is 0 Å². The molecule has 2 aromatic carbocycles. The first-order valence-electron chi connectivity index (χ1n) is 8.47. The number of halogens is 7. The third kappa shape index (κ3) is 6.47. The lowest BCUT2D eigenvalue weighted by atomic mass is 10.0. The number of ether oxygens (including phenoxy) is 1. The lowest BCUT2D eigenvalue weighted by Gasteiger charge is -2.17. The fourth-order valence-corrected chi connectivity index (χ4v) is 2.45. The van der Waals surface area contributed by atoms with Gasteiger partial charge in [-0.1, -0.05) is 24.8 Å². The number of nitrogens with zero attached hydrogens (tertiary/aromatic N) is 1. The van der Waals surface area contributed by atoms with Crippen LogP contribution in [0.1, 0.15) is 18.1 Å². The smallest absolute Gasteiger partial charge is 0.406 e. The Morgan fingerprint density at radius 2 is 1.67 bits per heavy atom. The molecule has 0 bridgehead atoms. The Bertz CT molecular complexity index is 960. The van der Waals surface area contributed by atoms with Crippen molar-refractivity contribution >= 4 is 11.3 Å². The first-order valence-corrected chi connectivity index (χ1v) is 8.47. The minimum Gasteiger partial charge on any atom is -0.406 e. The van der Waals surface area contributed by atoms with Crippen molar-refractivity contribution in [1.29, 1.82) is 0 Å². The van der Waals surface area contributed by atoms with E-state index in [1.165, 1.54) is 19.1 Å². The van der Waals surface area contributed by atoms with Crippen molar-refractivity contribution in [2.45, 2.75) is 25.6 Å². The van der Waals surface area contributed by atoms with Crippen LogP contribution < -0.4 is 4.74 Å². The van der Waals surface area contributed by atoms with Crippen LogP contribution in [-0.4, -0.2) is 18.0 Å². The van der Waals surface area contributed by atoms with Crippen LogP contribution in [0.25, 0.3) is 5.57 Å². The van der Waals surface area contributed by atoms with E-state index >= 15 is 0 Å². The summed E-state index contributed by atoms with van der Waals surface area (Å²) in [5, 5.41) is 0. The molecule has 9 heteroatoms. The standard InChI is InChI=1S/C21H16F7NO/c1-3-19(20(24,25)11-15-4-7-16(22)10-18(15)23)29-12-13(2)14-5-8-17(9-6-14)30-21(26,27)28/h3-10,12H,1,11H2,2H3/b13-12+,29-19+. The topological polar surface area (TPSA) is 21.6 Å². The Labute approximate surface area is 168 Å². The molecule has 0 spiro atoms. The van der Waals surface area contributed by atoms with Gasteiger partial charge in [0.15, 0.2) is 0 Å². The number of hydrogen-bond donors (Lipinski definition) is 0. The van der Waals surface area contributed by atoms with Gasteiger partial charge in [-0.15, -0.1) is 13.2 Å². The number of alkyl halides is 5. The maximum absolute atomic E-state index is 14.5. The molecule has 0 aliphatic rings. The summed E-state index contributed by atoms with van der Waals surface area (Å²) in [6.07, 6.45) is -3.98. The van der Waals surface area contributed by atoms with Gasteiger partial charge in [0.05, 0.1) is 0 Å². The molecule has 0 fully saturated rings. The summed E-state index contributed by atoms with van der Waals surface area (Å²) in [6.45, 7) is 4.80. The van der Waals surface area contributed by atoms with E-state index in [1.807, 2.05) is 0 Å². The molecule has 0 aromatic heterocycles. The normalized spacial score (nSPS) is 13.3. The Balaban J connectivity index is 2.21. The molecule has 0 saturated heterocycles. The zero-order chi connectivity index (χ0) is 22.5. The molecule has 0 saturated carbocycles. The summed E-state index contributed by atoms with van der Waals surface area (Å²) in [7, 11) is 0. The maximum atomic E-state index is 14.5. The van der Waals surface area contributed by atoms with Crippen LogP contribution >= 0.6 is 0 Å². The molecule has 30 heavy (non-hydrogen) atoms. The average molecular weight is 431 g/mol. The van der Waals surface area contributed by atoms with Crippen molar-refractivity contribution in [2.75, 3.05) is 0 Å². The molecular formula is C21H16F7NO. The van der Waals surface area contributed by atoms with Crippen molar-refractivity contribution in [3.63, 3.8) is 0 Å². The average Bonchev–Trinajstić information content (AvgIpc) is 2.63. The Hall–Kier alpha value is -3.10. The molecule has 0 aliphatic carbocycles. The second-order valence-corrected chi connectivity index (χ2v) is 6.22. The quantitative estimate of drug-likeness (QED) is 0.352. The zero-order valence-corrected chi connectivity index (χ0v) is 15.6. The minimum absolute atomic E-state index is 0.372. The van der Waals surface area contributed by atoms with Gasteiger partial charge in [-0.25, -0.2) is 8.78 Å². The van der Waals surface area contributed by atoms with E-state index < -0.39 is 47.4 Å². The van der Waals surface area contributed by atoms with Crippen LogP contribution in [0.15, 0.2) is 66.3 Å². The van der Waals surface area contributed by atoms with Crippen LogP contribution in [-0.2, 0) is 6.42 Å². The summed E-state index contributed by atoms with van der Waals surface area (Å²) < 4.78 is 96.0. The number of aliphatic imine (C=N–C) groups is 1. The molecule has 2 aromatic rings. The monoisotopic (exact) mass is 431 g/mol. The van der Waals surface area contributed by atoms with Crippen molar-refractivity contribution in [3.05, 3.63) is 84.1 Å². The fourth-order valence-electron chi connectivity index (χ4n) is 2.45. The summed E-state index contributed by atoms with van der Waals surface area (Å²) >= 11 is 0. The van der Waals surface area contributed by atoms with E-state index in [-0.39, 0.29) is 0 Å². The van der Waals surface area contributed by atoms with Crippen LogP contribution in [0, 0.1) is 11.6 Å². The second kappa shape index (κ2) is 9.15. The summed E-state index contributed by atoms with van der Waals surface area (Å²) in [5.74, 6) is -6.02. The van der Waals surface area contributed by atoms with Crippen molar-refractivity contribution in [3.8, 4) is 5.75 Å². The summed E-state index contributed by atoms with van der Waals surface area (Å²) in [6, 6.07) is 7.06. The minimum atomic E-state index is -4.83. The number of rotatable bonds is 7. The van der Waals surface area contributed by atoms with Gasteiger partial charge in [0.2, 0.25) is 0 Å². The first kappa shape index (κ1) is 23.2. The van der Waals surface area contributed by atoms with Crippen LogP contribution in [0.5, 0.6) is 5.75 Å². The van der Waals surface area contributed by atoms with Gasteiger partial charge in [-0.3, -0.25) is 4.99 Å². The maximum Gasteiger partial charge on any atom is 0.573 e. The van der Waals surface area contributed by atoms with E-state index in [1.54, 1.807) is 0 Å². The molecule has 0 N–H and O–H groups in total. The van der Waals surface area contributed by atoms with E-state index in [0.717, 1.165) is 36.5 Å². The number of benzene rings is 2. The largest absolute Gasteiger partial charge is 0.573 e. The Morgan fingerprint density at radius 1 is 1.03 bits per heavy atom. The third-order valence-electron chi connectivity index (χ3n) is 3.94. The Kier molecular flexibility index (Phi) is 7.07. The van der Waals surface area contributed by atoms with Crippen molar-refractivity contribution in [2.24, 2.45) is 4.99 Å². The molecule has 0 amide bonds. The fraction of sp³-hybridized carbons (Fsp3) is 0.190. The van der Waals surface area contributed by atoms with Gasteiger partial charge in [0.25, 0.3) is 5.92 Å². The molecular weight excluding hydrogens is 415 g/mol. The van der Waals surface area contributed by atoms with Gasteiger partial charge < -0.3 is 4.74 Å². The first-order chi connectivity index (χ1) is 13.9. The molecule has 0 unspecified atom stereocenters. The summed E-state index contributed by atoms with van der Waals surface area (Å²) in [4.78, 5) is 3.69. The van der Waals surface area contributed by atoms with Gasteiger partial charge >= 0.3 is 6.36 Å². The van der Waals surface area contributed by atoms with Crippen molar-refractivity contribution in [1.82, 2.24) is 0 Å². The third-order valence-corrected chi connectivity index (χ3v) is 3.94. The lowest BCUT2D eigenvalue weighted by Crippen LogP contribution is -2.30. The van der Waals surface area contributed by atoms with E-state index in [0.29, 0.717) is 17.2 Å². The van der Waals surface area contributed by atoms with E-state index in [2.05, 4.69) is 16.3 Å². The van der Waals surface area contributed by atoms with Gasteiger partial charge in [-0.05, 0) is 47.9 Å². The number of allylic oxidation sites excluding steroid dienone is 2. The number of hydrogen-bond acceptors (Lipinski definition) is 2. The molecule has 2 rings (SSSR count). The molecule has 2 nitrogen and oxygen atoms in total. The van der Waals surface area contributed by atoms with Crippen molar-refractivity contribution < 1.29 is 35.5 Å². The van der Waals surface area contributed by atoms with Crippen LogP contribution in [0.4, 0.5) is 30.7 Å². The highest BCUT2D eigenvalue weighted by Crippen LogP contribution is 2.27. The van der Waals surface area contributed by atoms with Gasteiger partial charge in [0.1, 0.15) is 23.1 Å². The van der Waals surface area contributed by atoms with E-state index in [9.17, 15) is 30.7 Å². The zero-order valence-electron chi connectivity index (χ0n) is 15.6.